The summed E-state index contributed by atoms with van der Waals surface area (Å²) in [6.45, 7) is 6.40. The van der Waals surface area contributed by atoms with E-state index in [0.29, 0.717) is 23.2 Å². The van der Waals surface area contributed by atoms with Crippen molar-refractivity contribution in [2.24, 2.45) is 18.2 Å². The molecule has 0 bridgehead atoms. The van der Waals surface area contributed by atoms with Gasteiger partial charge in [0.2, 0.25) is 5.91 Å². The molecule has 1 aromatic heterocycles. The Morgan fingerprint density at radius 1 is 1.57 bits per heavy atom. The predicted octanol–water partition coefficient (Wildman–Crippen LogP) is 2.04. The van der Waals surface area contributed by atoms with Crippen molar-refractivity contribution in [3.63, 3.8) is 0 Å². The number of carbonyl (C=O) groups excluding carboxylic acids is 1. The zero-order valence-electron chi connectivity index (χ0n) is 13.7. The second kappa shape index (κ2) is 6.93. The van der Waals surface area contributed by atoms with E-state index < -0.39 is 11.0 Å². The standard InChI is InChI=1S/C15H22BrN3O3.ClH/c1-5-22-11-7-15(17,14(11,2)3)13(21)18-9-6-10(16)12(20)19(4)8-9;/h6,8,11H,5,7,17H2,1-4H3,(H,18,21);1H. The molecule has 1 aromatic rings. The fraction of sp³-hybridized carbons (Fsp3) is 0.600. The number of carbonyl (C=O) groups is 1. The van der Waals surface area contributed by atoms with Crippen LogP contribution in [0.25, 0.3) is 0 Å². The number of anilines is 1. The van der Waals surface area contributed by atoms with Crippen LogP contribution >= 0.6 is 28.3 Å². The maximum atomic E-state index is 12.6. The summed E-state index contributed by atoms with van der Waals surface area (Å²) < 4.78 is 7.42. The minimum Gasteiger partial charge on any atom is -0.378 e. The number of amides is 1. The summed E-state index contributed by atoms with van der Waals surface area (Å²) >= 11 is 3.18. The van der Waals surface area contributed by atoms with Crippen LogP contribution in [0.2, 0.25) is 0 Å². The smallest absolute Gasteiger partial charge is 0.264 e. The Hall–Kier alpha value is -0.890. The summed E-state index contributed by atoms with van der Waals surface area (Å²) in [5.41, 5.74) is 5.24. The summed E-state index contributed by atoms with van der Waals surface area (Å²) in [5, 5.41) is 2.80. The molecule has 2 unspecified atom stereocenters. The molecule has 0 aromatic carbocycles. The summed E-state index contributed by atoms with van der Waals surface area (Å²) in [7, 11) is 1.62. The lowest BCUT2D eigenvalue weighted by Crippen LogP contribution is -2.74. The van der Waals surface area contributed by atoms with Crippen molar-refractivity contribution in [1.82, 2.24) is 4.57 Å². The minimum atomic E-state index is -0.992. The number of pyridine rings is 1. The zero-order valence-corrected chi connectivity index (χ0v) is 16.1. The molecule has 1 aliphatic carbocycles. The fourth-order valence-electron chi connectivity index (χ4n) is 2.80. The molecular formula is C15H23BrClN3O3. The van der Waals surface area contributed by atoms with Crippen LogP contribution in [0.15, 0.2) is 21.5 Å². The topological polar surface area (TPSA) is 86.3 Å². The molecule has 0 aliphatic heterocycles. The number of hydrogen-bond acceptors (Lipinski definition) is 4. The van der Waals surface area contributed by atoms with Crippen molar-refractivity contribution in [2.45, 2.75) is 38.8 Å². The summed E-state index contributed by atoms with van der Waals surface area (Å²) in [5.74, 6) is -0.265. The van der Waals surface area contributed by atoms with Gasteiger partial charge in [-0.05, 0) is 28.9 Å². The van der Waals surface area contributed by atoms with Crippen LogP contribution in [0.3, 0.4) is 0 Å². The van der Waals surface area contributed by atoms with Gasteiger partial charge in [0.25, 0.3) is 5.56 Å². The van der Waals surface area contributed by atoms with E-state index in [-0.39, 0.29) is 30.0 Å². The Labute approximate surface area is 150 Å². The number of rotatable bonds is 4. The van der Waals surface area contributed by atoms with Gasteiger partial charge in [0.1, 0.15) is 5.54 Å². The Balaban J connectivity index is 0.00000264. The number of nitrogens with two attached hydrogens (primary N) is 1. The van der Waals surface area contributed by atoms with Crippen LogP contribution in [0.5, 0.6) is 0 Å². The number of hydrogen-bond donors (Lipinski definition) is 2. The lowest BCUT2D eigenvalue weighted by molar-refractivity contribution is -0.166. The highest BCUT2D eigenvalue weighted by Crippen LogP contribution is 2.50. The van der Waals surface area contributed by atoms with Gasteiger partial charge in [0, 0.05) is 31.7 Å². The molecule has 1 aliphatic rings. The Morgan fingerprint density at radius 3 is 2.65 bits per heavy atom. The highest BCUT2D eigenvalue weighted by molar-refractivity contribution is 9.10. The Kier molecular flexibility index (Phi) is 6.07. The van der Waals surface area contributed by atoms with Crippen LogP contribution in [0, 0.1) is 5.41 Å². The highest BCUT2D eigenvalue weighted by Gasteiger charge is 2.62. The molecule has 23 heavy (non-hydrogen) atoms. The first-order valence-corrected chi connectivity index (χ1v) is 8.01. The van der Waals surface area contributed by atoms with Crippen molar-refractivity contribution in [2.75, 3.05) is 11.9 Å². The van der Waals surface area contributed by atoms with E-state index in [2.05, 4.69) is 21.2 Å². The van der Waals surface area contributed by atoms with Gasteiger partial charge in [0.05, 0.1) is 16.3 Å². The van der Waals surface area contributed by atoms with E-state index in [4.69, 9.17) is 10.5 Å². The number of nitrogens with one attached hydrogen (secondary N) is 1. The Bertz CT molecular complexity index is 636. The molecule has 8 heteroatoms. The summed E-state index contributed by atoms with van der Waals surface area (Å²) in [6.07, 6.45) is 2.02. The Morgan fingerprint density at radius 2 is 2.17 bits per heavy atom. The first-order valence-electron chi connectivity index (χ1n) is 7.21. The molecule has 2 rings (SSSR count). The number of aromatic nitrogens is 1. The van der Waals surface area contributed by atoms with E-state index in [9.17, 15) is 9.59 Å². The van der Waals surface area contributed by atoms with Crippen molar-refractivity contribution in [3.05, 3.63) is 27.1 Å². The van der Waals surface area contributed by atoms with Crippen molar-refractivity contribution in [3.8, 4) is 0 Å². The van der Waals surface area contributed by atoms with Crippen LogP contribution in [0.1, 0.15) is 27.2 Å². The molecule has 1 fully saturated rings. The number of nitrogens with zero attached hydrogens (tertiary/aromatic N) is 1. The van der Waals surface area contributed by atoms with Crippen LogP contribution in [-0.4, -0.2) is 28.7 Å². The molecule has 1 saturated carbocycles. The molecule has 130 valence electrons. The molecule has 0 radical (unpaired) electrons. The van der Waals surface area contributed by atoms with Gasteiger partial charge in [-0.3, -0.25) is 9.59 Å². The van der Waals surface area contributed by atoms with Gasteiger partial charge in [-0.2, -0.15) is 0 Å². The molecule has 2 atom stereocenters. The summed E-state index contributed by atoms with van der Waals surface area (Å²) in [4.78, 5) is 24.2. The van der Waals surface area contributed by atoms with Gasteiger partial charge >= 0.3 is 0 Å². The molecule has 1 heterocycles. The van der Waals surface area contributed by atoms with Gasteiger partial charge in [-0.25, -0.2) is 0 Å². The largest absolute Gasteiger partial charge is 0.378 e. The second-order valence-electron chi connectivity index (χ2n) is 6.29. The van der Waals surface area contributed by atoms with Crippen molar-refractivity contribution in [1.29, 1.82) is 0 Å². The maximum absolute atomic E-state index is 12.6. The third-order valence-corrected chi connectivity index (χ3v) is 5.20. The molecule has 6 nitrogen and oxygen atoms in total. The maximum Gasteiger partial charge on any atom is 0.264 e. The van der Waals surface area contributed by atoms with E-state index >= 15 is 0 Å². The van der Waals surface area contributed by atoms with E-state index in [1.807, 2.05) is 20.8 Å². The summed E-state index contributed by atoms with van der Waals surface area (Å²) in [6, 6.07) is 1.58. The predicted molar refractivity (Wildman–Crippen MR) is 96.0 cm³/mol. The van der Waals surface area contributed by atoms with E-state index in [0.717, 1.165) is 0 Å². The first kappa shape index (κ1) is 20.2. The normalized spacial score (nSPS) is 25.2. The van der Waals surface area contributed by atoms with E-state index in [1.165, 1.54) is 4.57 Å². The molecule has 0 saturated heterocycles. The number of halogens is 2. The third-order valence-electron chi connectivity index (χ3n) is 4.63. The van der Waals surface area contributed by atoms with Crippen LogP contribution in [-0.2, 0) is 16.6 Å². The molecule has 3 N–H and O–H groups in total. The van der Waals surface area contributed by atoms with Gasteiger partial charge in [-0.15, -0.1) is 12.4 Å². The molecule has 0 spiro atoms. The zero-order chi connectivity index (χ0) is 16.7. The SMILES string of the molecule is CCOC1CC(N)(C(=O)Nc2cc(Br)c(=O)n(C)c2)C1(C)C.Cl. The van der Waals surface area contributed by atoms with Crippen LogP contribution in [0.4, 0.5) is 5.69 Å². The average Bonchev–Trinajstić information content (AvgIpc) is 2.44. The molecular weight excluding hydrogens is 386 g/mol. The first-order chi connectivity index (χ1) is 10.1. The lowest BCUT2D eigenvalue weighted by atomic mass is 9.54. The highest BCUT2D eigenvalue weighted by atomic mass is 79.9. The quantitative estimate of drug-likeness (QED) is 0.798. The van der Waals surface area contributed by atoms with Gasteiger partial charge in [0.15, 0.2) is 0 Å². The van der Waals surface area contributed by atoms with Crippen molar-refractivity contribution < 1.29 is 9.53 Å². The van der Waals surface area contributed by atoms with Crippen LogP contribution < -0.4 is 16.6 Å². The lowest BCUT2D eigenvalue weighted by Gasteiger charge is -2.57. The number of ether oxygens (including phenoxy) is 1. The third kappa shape index (κ3) is 3.33. The fourth-order valence-corrected chi connectivity index (χ4v) is 3.33. The minimum absolute atomic E-state index is 0. The van der Waals surface area contributed by atoms with Gasteiger partial charge < -0.3 is 20.4 Å². The monoisotopic (exact) mass is 407 g/mol. The second-order valence-corrected chi connectivity index (χ2v) is 7.14. The average molecular weight is 409 g/mol. The van der Waals surface area contributed by atoms with Gasteiger partial charge in [-0.1, -0.05) is 13.8 Å². The van der Waals surface area contributed by atoms with Crippen molar-refractivity contribution >= 4 is 39.9 Å². The number of aryl methyl sites for hydroxylation is 1. The van der Waals surface area contributed by atoms with E-state index in [1.54, 1.807) is 19.3 Å². The molecule has 1 amide bonds.